The minimum atomic E-state index is 0.0356. The highest BCUT2D eigenvalue weighted by Crippen LogP contribution is 2.23. The van der Waals surface area contributed by atoms with Gasteiger partial charge in [0.15, 0.2) is 0 Å². The first kappa shape index (κ1) is 19.1. The topological polar surface area (TPSA) is 73.1 Å². The summed E-state index contributed by atoms with van der Waals surface area (Å²) in [5, 5.41) is 8.54. The molecule has 1 saturated heterocycles. The van der Waals surface area contributed by atoms with Crippen molar-refractivity contribution in [2.75, 3.05) is 13.7 Å². The predicted molar refractivity (Wildman–Crippen MR) is 110 cm³/mol. The highest BCUT2D eigenvalue weighted by atomic mass is 16.5. The zero-order valence-corrected chi connectivity index (χ0v) is 16.6. The largest absolute Gasteiger partial charge is 0.481 e. The van der Waals surface area contributed by atoms with Gasteiger partial charge in [-0.3, -0.25) is 9.48 Å². The quantitative estimate of drug-likeness (QED) is 0.644. The second-order valence-corrected chi connectivity index (χ2v) is 7.26. The molecule has 0 N–H and O–H groups in total. The number of amides is 1. The van der Waals surface area contributed by atoms with Gasteiger partial charge in [-0.25, -0.2) is 4.98 Å². The summed E-state index contributed by atoms with van der Waals surface area (Å²) in [6.45, 7) is 1.51. The zero-order chi connectivity index (χ0) is 20.1. The Kier molecular flexibility index (Phi) is 5.84. The number of carbonyl (C=O) groups excluding carboxylic acids is 1. The molecule has 2 aromatic heterocycles. The fraction of sp³-hybridized carbons (Fsp3) is 0.364. The highest BCUT2D eigenvalue weighted by Gasteiger charge is 2.27. The first-order valence-corrected chi connectivity index (χ1v) is 10.0. The van der Waals surface area contributed by atoms with E-state index in [1.54, 1.807) is 25.4 Å². The Morgan fingerprint density at radius 2 is 2.03 bits per heavy atom. The Labute approximate surface area is 170 Å². The highest BCUT2D eigenvalue weighted by molar-refractivity contribution is 5.94. The number of methoxy groups -OCH3 is 1. The third-order valence-electron chi connectivity index (χ3n) is 5.38. The number of piperidine rings is 1. The lowest BCUT2D eigenvalue weighted by molar-refractivity contribution is 0.0593. The molecule has 1 aromatic carbocycles. The molecule has 7 heteroatoms. The van der Waals surface area contributed by atoms with E-state index in [1.807, 2.05) is 46.1 Å². The van der Waals surface area contributed by atoms with Crippen molar-refractivity contribution in [3.63, 3.8) is 0 Å². The number of nitrogens with zero attached hydrogens (tertiary/aromatic N) is 5. The van der Waals surface area contributed by atoms with Gasteiger partial charge < -0.3 is 9.64 Å². The van der Waals surface area contributed by atoms with Crippen LogP contribution in [0.1, 0.15) is 36.0 Å². The number of rotatable bonds is 6. The number of aromatic nitrogens is 4. The summed E-state index contributed by atoms with van der Waals surface area (Å²) in [7, 11) is 1.57. The van der Waals surface area contributed by atoms with Crippen LogP contribution in [0.4, 0.5) is 0 Å². The number of ether oxygens (including phenoxy) is 1. The molecule has 0 bridgehead atoms. The minimum absolute atomic E-state index is 0.0356. The van der Waals surface area contributed by atoms with E-state index < -0.39 is 0 Å². The second kappa shape index (κ2) is 8.86. The van der Waals surface area contributed by atoms with Crippen molar-refractivity contribution in [1.82, 2.24) is 24.9 Å². The van der Waals surface area contributed by atoms with Crippen LogP contribution in [0.15, 0.2) is 54.9 Å². The van der Waals surface area contributed by atoms with Gasteiger partial charge in [0, 0.05) is 37.0 Å². The van der Waals surface area contributed by atoms with E-state index in [4.69, 9.17) is 4.74 Å². The summed E-state index contributed by atoms with van der Waals surface area (Å²) in [5.41, 5.74) is 2.52. The third kappa shape index (κ3) is 4.45. The fourth-order valence-corrected chi connectivity index (χ4v) is 3.79. The van der Waals surface area contributed by atoms with Gasteiger partial charge >= 0.3 is 0 Å². The molecule has 29 heavy (non-hydrogen) atoms. The van der Waals surface area contributed by atoms with Gasteiger partial charge in [-0.2, -0.15) is 0 Å². The number of aryl methyl sites for hydroxylation is 1. The van der Waals surface area contributed by atoms with Crippen LogP contribution in [-0.2, 0) is 6.54 Å². The molecule has 0 aliphatic carbocycles. The van der Waals surface area contributed by atoms with E-state index in [0.29, 0.717) is 11.4 Å². The molecule has 1 atom stereocenters. The molecule has 1 aliphatic rings. The van der Waals surface area contributed by atoms with Crippen LogP contribution in [0.2, 0.25) is 0 Å². The Balaban J connectivity index is 1.41. The van der Waals surface area contributed by atoms with Crippen molar-refractivity contribution in [3.8, 4) is 17.1 Å². The van der Waals surface area contributed by atoms with Gasteiger partial charge in [-0.05, 0) is 31.7 Å². The van der Waals surface area contributed by atoms with Crippen molar-refractivity contribution >= 4 is 5.91 Å². The van der Waals surface area contributed by atoms with E-state index in [1.165, 1.54) is 0 Å². The maximum absolute atomic E-state index is 13.0. The van der Waals surface area contributed by atoms with Crippen molar-refractivity contribution < 1.29 is 9.53 Å². The van der Waals surface area contributed by atoms with Crippen LogP contribution < -0.4 is 4.74 Å². The van der Waals surface area contributed by atoms with E-state index in [0.717, 1.165) is 50.0 Å². The Bertz CT molecular complexity index is 939. The first-order valence-electron chi connectivity index (χ1n) is 10.0. The SMILES string of the molecule is COc1ccc(C(=O)N2CCCCC2CCn2cc(-c3ccccc3)nn2)cn1. The van der Waals surface area contributed by atoms with Crippen LogP contribution in [0.25, 0.3) is 11.3 Å². The lowest BCUT2D eigenvalue weighted by Gasteiger charge is -2.36. The van der Waals surface area contributed by atoms with Crippen LogP contribution >= 0.6 is 0 Å². The van der Waals surface area contributed by atoms with Gasteiger partial charge in [0.1, 0.15) is 5.69 Å². The number of pyridine rings is 1. The molecule has 150 valence electrons. The summed E-state index contributed by atoms with van der Waals surface area (Å²) in [4.78, 5) is 19.2. The monoisotopic (exact) mass is 391 g/mol. The third-order valence-corrected chi connectivity index (χ3v) is 5.38. The van der Waals surface area contributed by atoms with Crippen LogP contribution in [0, 0.1) is 0 Å². The molecule has 1 unspecified atom stereocenters. The average molecular weight is 391 g/mol. The van der Waals surface area contributed by atoms with Gasteiger partial charge in [0.2, 0.25) is 5.88 Å². The van der Waals surface area contributed by atoms with E-state index in [-0.39, 0.29) is 11.9 Å². The van der Waals surface area contributed by atoms with Crippen molar-refractivity contribution in [1.29, 1.82) is 0 Å². The molecule has 1 fully saturated rings. The predicted octanol–water partition coefficient (Wildman–Crippen LogP) is 3.43. The Hall–Kier alpha value is -3.22. The van der Waals surface area contributed by atoms with Gasteiger partial charge in [-0.15, -0.1) is 5.10 Å². The van der Waals surface area contributed by atoms with Gasteiger partial charge in [-0.1, -0.05) is 35.5 Å². The second-order valence-electron chi connectivity index (χ2n) is 7.26. The summed E-state index contributed by atoms with van der Waals surface area (Å²) < 4.78 is 6.95. The maximum Gasteiger partial charge on any atom is 0.255 e. The number of benzene rings is 1. The van der Waals surface area contributed by atoms with Crippen LogP contribution in [0.3, 0.4) is 0 Å². The lowest BCUT2D eigenvalue weighted by atomic mass is 9.98. The van der Waals surface area contributed by atoms with E-state index in [2.05, 4.69) is 15.3 Å². The van der Waals surface area contributed by atoms with Crippen molar-refractivity contribution in [2.24, 2.45) is 0 Å². The minimum Gasteiger partial charge on any atom is -0.481 e. The molecule has 0 radical (unpaired) electrons. The number of hydrogen-bond donors (Lipinski definition) is 0. The van der Waals surface area contributed by atoms with Crippen molar-refractivity contribution in [2.45, 2.75) is 38.3 Å². The average Bonchev–Trinajstić information content (AvgIpc) is 3.27. The molecular formula is C22H25N5O2. The van der Waals surface area contributed by atoms with Crippen LogP contribution in [0.5, 0.6) is 5.88 Å². The molecule has 0 saturated carbocycles. The molecule has 0 spiro atoms. The molecule has 1 amide bonds. The zero-order valence-electron chi connectivity index (χ0n) is 16.6. The summed E-state index contributed by atoms with van der Waals surface area (Å²) >= 11 is 0. The van der Waals surface area contributed by atoms with Crippen LogP contribution in [-0.4, -0.2) is 50.5 Å². The molecule has 1 aliphatic heterocycles. The van der Waals surface area contributed by atoms with Gasteiger partial charge in [0.05, 0.1) is 18.9 Å². The number of carbonyl (C=O) groups is 1. The van der Waals surface area contributed by atoms with Gasteiger partial charge in [0.25, 0.3) is 5.91 Å². The number of hydrogen-bond acceptors (Lipinski definition) is 5. The first-order chi connectivity index (χ1) is 14.2. The van der Waals surface area contributed by atoms with E-state index in [9.17, 15) is 4.79 Å². The normalized spacial score (nSPS) is 16.6. The lowest BCUT2D eigenvalue weighted by Crippen LogP contribution is -2.44. The Morgan fingerprint density at radius 1 is 1.17 bits per heavy atom. The molecule has 4 rings (SSSR count). The smallest absolute Gasteiger partial charge is 0.255 e. The summed E-state index contributed by atoms with van der Waals surface area (Å²) in [6.07, 6.45) is 7.60. The standard InChI is InChI=1S/C22H25N5O2/c1-29-21-11-10-18(15-23-21)22(28)27-13-6-5-9-19(27)12-14-26-16-20(24-25-26)17-7-3-2-4-8-17/h2-4,7-8,10-11,15-16,19H,5-6,9,12-14H2,1H3. The molecule has 7 nitrogen and oxygen atoms in total. The fourth-order valence-electron chi connectivity index (χ4n) is 3.79. The molecule has 3 aromatic rings. The number of likely N-dealkylation sites (tertiary alicyclic amines) is 1. The maximum atomic E-state index is 13.0. The van der Waals surface area contributed by atoms with Crippen molar-refractivity contribution in [3.05, 3.63) is 60.4 Å². The summed E-state index contributed by atoms with van der Waals surface area (Å²) in [6, 6.07) is 13.7. The summed E-state index contributed by atoms with van der Waals surface area (Å²) in [5.74, 6) is 0.547. The molecule has 3 heterocycles. The molecular weight excluding hydrogens is 366 g/mol. The Morgan fingerprint density at radius 3 is 2.79 bits per heavy atom. The van der Waals surface area contributed by atoms with E-state index >= 15 is 0 Å².